The molecule has 6 heteroatoms. The highest BCUT2D eigenvalue weighted by atomic mass is 16.5. The molecule has 1 aliphatic heterocycles. The van der Waals surface area contributed by atoms with E-state index in [2.05, 4.69) is 10.4 Å². The first-order valence-electron chi connectivity index (χ1n) is 5.81. The summed E-state index contributed by atoms with van der Waals surface area (Å²) in [6.45, 7) is 5.20. The Morgan fingerprint density at radius 3 is 3.06 bits per heavy atom. The van der Waals surface area contributed by atoms with Crippen LogP contribution in [0.1, 0.15) is 25.8 Å². The van der Waals surface area contributed by atoms with Crippen LogP contribution in [0.3, 0.4) is 0 Å². The average Bonchev–Trinajstić information content (AvgIpc) is 2.61. The fourth-order valence-corrected chi connectivity index (χ4v) is 1.75. The van der Waals surface area contributed by atoms with E-state index in [-0.39, 0.29) is 23.9 Å². The number of hydrogen-bond donors (Lipinski definition) is 2. The molecule has 0 aromatic carbocycles. The second kappa shape index (κ2) is 4.65. The third-order valence-corrected chi connectivity index (χ3v) is 2.74. The zero-order chi connectivity index (χ0) is 12.4. The quantitative estimate of drug-likeness (QED) is 0.792. The number of aromatic nitrogens is 2. The first-order valence-corrected chi connectivity index (χ1v) is 5.81. The lowest BCUT2D eigenvalue weighted by molar-refractivity contribution is -0.124. The topological polar surface area (TPSA) is 76.1 Å². The first-order chi connectivity index (χ1) is 8.09. The van der Waals surface area contributed by atoms with Gasteiger partial charge in [0, 0.05) is 18.9 Å². The number of aromatic amines is 1. The van der Waals surface area contributed by atoms with Gasteiger partial charge in [0.05, 0.1) is 18.7 Å². The van der Waals surface area contributed by atoms with Crippen LogP contribution in [0.2, 0.25) is 0 Å². The molecule has 0 radical (unpaired) electrons. The molecule has 1 aromatic rings. The van der Waals surface area contributed by atoms with Crippen molar-refractivity contribution in [2.75, 3.05) is 6.61 Å². The zero-order valence-corrected chi connectivity index (χ0v) is 10.1. The van der Waals surface area contributed by atoms with E-state index < -0.39 is 0 Å². The van der Waals surface area contributed by atoms with Crippen molar-refractivity contribution in [3.63, 3.8) is 0 Å². The highest BCUT2D eigenvalue weighted by Gasteiger charge is 2.20. The molecule has 17 heavy (non-hydrogen) atoms. The standard InChI is InChI=1S/C11H17N3O3/c1-7(2)9(15)12-6-8-10(16)13-14-4-3-5-17-11(8)14/h7H,3-6H2,1-2H3,(H,12,15)(H,13,16). The van der Waals surface area contributed by atoms with Gasteiger partial charge in [-0.2, -0.15) is 0 Å². The maximum absolute atomic E-state index is 11.7. The SMILES string of the molecule is CC(C)C(=O)NCc1c2n([nH]c1=O)CCCO2. The summed E-state index contributed by atoms with van der Waals surface area (Å²) in [5, 5.41) is 5.43. The molecule has 0 aliphatic carbocycles. The lowest BCUT2D eigenvalue weighted by Crippen LogP contribution is -2.29. The number of carbonyl (C=O) groups is 1. The molecular formula is C11H17N3O3. The molecule has 0 saturated carbocycles. The number of amides is 1. The Morgan fingerprint density at radius 2 is 2.35 bits per heavy atom. The number of H-pyrrole nitrogens is 1. The van der Waals surface area contributed by atoms with Crippen LogP contribution in [-0.2, 0) is 17.9 Å². The van der Waals surface area contributed by atoms with Gasteiger partial charge < -0.3 is 10.1 Å². The number of nitrogens with zero attached hydrogens (tertiary/aromatic N) is 1. The normalized spacial score (nSPS) is 14.3. The Balaban J connectivity index is 2.13. The van der Waals surface area contributed by atoms with E-state index in [0.717, 1.165) is 13.0 Å². The summed E-state index contributed by atoms with van der Waals surface area (Å²) in [7, 11) is 0. The summed E-state index contributed by atoms with van der Waals surface area (Å²) in [4.78, 5) is 23.1. The van der Waals surface area contributed by atoms with Gasteiger partial charge in [0.15, 0.2) is 0 Å². The Morgan fingerprint density at radius 1 is 1.59 bits per heavy atom. The van der Waals surface area contributed by atoms with E-state index in [4.69, 9.17) is 4.74 Å². The van der Waals surface area contributed by atoms with Gasteiger partial charge in [0.2, 0.25) is 11.8 Å². The Kier molecular flexibility index (Phi) is 3.21. The average molecular weight is 239 g/mol. The van der Waals surface area contributed by atoms with E-state index in [1.54, 1.807) is 4.68 Å². The summed E-state index contributed by atoms with van der Waals surface area (Å²) in [5.74, 6) is 0.402. The highest BCUT2D eigenvalue weighted by molar-refractivity contribution is 5.77. The molecule has 2 heterocycles. The van der Waals surface area contributed by atoms with Crippen molar-refractivity contribution in [3.05, 3.63) is 15.9 Å². The van der Waals surface area contributed by atoms with Crippen molar-refractivity contribution in [2.24, 2.45) is 5.92 Å². The van der Waals surface area contributed by atoms with Gasteiger partial charge in [0.25, 0.3) is 5.56 Å². The Hall–Kier alpha value is -1.72. The Bertz CT molecular complexity index is 473. The summed E-state index contributed by atoms with van der Waals surface area (Å²) in [6, 6.07) is 0. The number of nitrogens with one attached hydrogen (secondary N) is 2. The molecule has 1 amide bonds. The zero-order valence-electron chi connectivity index (χ0n) is 10.1. The van der Waals surface area contributed by atoms with Crippen molar-refractivity contribution >= 4 is 5.91 Å². The van der Waals surface area contributed by atoms with E-state index in [9.17, 15) is 9.59 Å². The molecule has 0 fully saturated rings. The van der Waals surface area contributed by atoms with Crippen molar-refractivity contribution in [1.82, 2.24) is 15.1 Å². The van der Waals surface area contributed by atoms with Gasteiger partial charge in [-0.3, -0.25) is 19.4 Å². The van der Waals surface area contributed by atoms with Crippen LogP contribution in [0.4, 0.5) is 0 Å². The van der Waals surface area contributed by atoms with Crippen molar-refractivity contribution in [3.8, 4) is 5.88 Å². The van der Waals surface area contributed by atoms with Crippen LogP contribution in [0.15, 0.2) is 4.79 Å². The number of aryl methyl sites for hydroxylation is 1. The molecular weight excluding hydrogens is 222 g/mol. The molecule has 2 rings (SSSR count). The van der Waals surface area contributed by atoms with Crippen LogP contribution in [-0.4, -0.2) is 22.3 Å². The minimum absolute atomic E-state index is 0.0693. The van der Waals surface area contributed by atoms with Crippen LogP contribution in [0.25, 0.3) is 0 Å². The van der Waals surface area contributed by atoms with Crippen LogP contribution < -0.4 is 15.6 Å². The second-order valence-electron chi connectivity index (χ2n) is 4.45. The predicted octanol–water partition coefficient (Wildman–Crippen LogP) is 0.231. The third-order valence-electron chi connectivity index (χ3n) is 2.74. The molecule has 0 saturated heterocycles. The lowest BCUT2D eigenvalue weighted by atomic mass is 10.2. The Labute approximate surface area is 98.9 Å². The van der Waals surface area contributed by atoms with Gasteiger partial charge in [-0.1, -0.05) is 13.8 Å². The maximum atomic E-state index is 11.7. The largest absolute Gasteiger partial charge is 0.477 e. The molecule has 0 bridgehead atoms. The fraction of sp³-hybridized carbons (Fsp3) is 0.636. The van der Waals surface area contributed by atoms with E-state index in [0.29, 0.717) is 18.1 Å². The molecule has 1 aromatic heterocycles. The molecule has 6 nitrogen and oxygen atoms in total. The smallest absolute Gasteiger partial charge is 0.273 e. The third kappa shape index (κ3) is 2.35. The second-order valence-corrected chi connectivity index (χ2v) is 4.45. The molecule has 0 spiro atoms. The lowest BCUT2D eigenvalue weighted by Gasteiger charge is -2.16. The summed E-state index contributed by atoms with van der Waals surface area (Å²) < 4.78 is 7.15. The van der Waals surface area contributed by atoms with Gasteiger partial charge in [-0.25, -0.2) is 0 Å². The number of fused-ring (bicyclic) bond motifs is 1. The van der Waals surface area contributed by atoms with Crippen molar-refractivity contribution in [1.29, 1.82) is 0 Å². The molecule has 94 valence electrons. The van der Waals surface area contributed by atoms with E-state index in [1.807, 2.05) is 13.8 Å². The number of carbonyl (C=O) groups excluding carboxylic acids is 1. The van der Waals surface area contributed by atoms with Crippen LogP contribution in [0, 0.1) is 5.92 Å². The molecule has 1 aliphatic rings. The fourth-order valence-electron chi connectivity index (χ4n) is 1.75. The van der Waals surface area contributed by atoms with Crippen molar-refractivity contribution in [2.45, 2.75) is 33.4 Å². The molecule has 2 N–H and O–H groups in total. The van der Waals surface area contributed by atoms with Crippen LogP contribution in [0.5, 0.6) is 5.88 Å². The number of hydrogen-bond acceptors (Lipinski definition) is 3. The predicted molar refractivity (Wildman–Crippen MR) is 61.8 cm³/mol. The van der Waals surface area contributed by atoms with Gasteiger partial charge >= 0.3 is 0 Å². The summed E-state index contributed by atoms with van der Waals surface area (Å²) in [5.41, 5.74) is 0.310. The van der Waals surface area contributed by atoms with E-state index in [1.165, 1.54) is 0 Å². The van der Waals surface area contributed by atoms with Gasteiger partial charge in [-0.15, -0.1) is 0 Å². The minimum Gasteiger partial charge on any atom is -0.477 e. The summed E-state index contributed by atoms with van der Waals surface area (Å²) >= 11 is 0. The molecule has 0 atom stereocenters. The van der Waals surface area contributed by atoms with Gasteiger partial charge in [-0.05, 0) is 0 Å². The number of rotatable bonds is 3. The highest BCUT2D eigenvalue weighted by Crippen LogP contribution is 2.18. The van der Waals surface area contributed by atoms with Crippen LogP contribution >= 0.6 is 0 Å². The van der Waals surface area contributed by atoms with E-state index >= 15 is 0 Å². The summed E-state index contributed by atoms with van der Waals surface area (Å²) in [6.07, 6.45) is 0.884. The minimum atomic E-state index is -0.189. The van der Waals surface area contributed by atoms with Crippen molar-refractivity contribution < 1.29 is 9.53 Å². The first kappa shape index (κ1) is 11.8. The molecule has 0 unspecified atom stereocenters. The van der Waals surface area contributed by atoms with Gasteiger partial charge in [0.1, 0.15) is 0 Å². The monoisotopic (exact) mass is 239 g/mol. The maximum Gasteiger partial charge on any atom is 0.273 e. The number of ether oxygens (including phenoxy) is 1.